The van der Waals surface area contributed by atoms with Gasteiger partial charge in [-0.15, -0.1) is 0 Å². The van der Waals surface area contributed by atoms with E-state index in [0.717, 1.165) is 4.90 Å². The van der Waals surface area contributed by atoms with Gasteiger partial charge >= 0.3 is 0 Å². The summed E-state index contributed by atoms with van der Waals surface area (Å²) in [5, 5.41) is 5.06. The molecule has 7 nitrogen and oxygen atoms in total. The van der Waals surface area contributed by atoms with Gasteiger partial charge in [0, 0.05) is 6.04 Å². The maximum absolute atomic E-state index is 12.2. The van der Waals surface area contributed by atoms with Gasteiger partial charge in [-0.05, 0) is 26.7 Å². The van der Waals surface area contributed by atoms with Crippen LogP contribution in [0.1, 0.15) is 26.7 Å². The molecule has 0 radical (unpaired) electrons. The van der Waals surface area contributed by atoms with Crippen molar-refractivity contribution in [3.8, 4) is 0 Å². The number of hydrogen-bond donors (Lipinski definition) is 2. The van der Waals surface area contributed by atoms with E-state index in [-0.39, 0.29) is 48.7 Å². The molecule has 0 bridgehead atoms. The summed E-state index contributed by atoms with van der Waals surface area (Å²) in [4.78, 5) is 48.7. The zero-order valence-electron chi connectivity index (χ0n) is 12.8. The number of nitrogens with zero attached hydrogens (tertiary/aromatic N) is 1. The fourth-order valence-electron chi connectivity index (χ4n) is 2.78. The number of allylic oxidation sites excluding steroid dienone is 2. The third-order valence-electron chi connectivity index (χ3n) is 3.80. The highest BCUT2D eigenvalue weighted by Crippen LogP contribution is 2.34. The lowest BCUT2D eigenvalue weighted by Gasteiger charge is -2.14. The van der Waals surface area contributed by atoms with Crippen LogP contribution in [0.4, 0.5) is 0 Å². The molecule has 0 unspecified atom stereocenters. The van der Waals surface area contributed by atoms with E-state index in [1.807, 2.05) is 26.0 Å². The highest BCUT2D eigenvalue weighted by Gasteiger charge is 2.47. The number of hydrogen-bond acceptors (Lipinski definition) is 4. The van der Waals surface area contributed by atoms with E-state index in [1.165, 1.54) is 0 Å². The van der Waals surface area contributed by atoms with Gasteiger partial charge < -0.3 is 10.6 Å². The van der Waals surface area contributed by atoms with Crippen LogP contribution in [0.3, 0.4) is 0 Å². The fourth-order valence-corrected chi connectivity index (χ4v) is 2.78. The van der Waals surface area contributed by atoms with Crippen LogP contribution in [0.25, 0.3) is 0 Å². The lowest BCUT2D eigenvalue weighted by molar-refractivity contribution is -0.143. The van der Waals surface area contributed by atoms with Gasteiger partial charge in [-0.2, -0.15) is 0 Å². The molecule has 2 aliphatic rings. The Morgan fingerprint density at radius 2 is 1.68 bits per heavy atom. The average Bonchev–Trinajstić information content (AvgIpc) is 2.70. The Bertz CT molecular complexity index is 501. The molecule has 0 aromatic carbocycles. The topological polar surface area (TPSA) is 95.6 Å². The number of nitrogens with one attached hydrogen (secondary N) is 2. The Kier molecular flexibility index (Phi) is 4.95. The monoisotopic (exact) mass is 307 g/mol. The average molecular weight is 307 g/mol. The Hall–Kier alpha value is -2.18. The van der Waals surface area contributed by atoms with Crippen LogP contribution in [0.5, 0.6) is 0 Å². The van der Waals surface area contributed by atoms with E-state index in [0.29, 0.717) is 12.8 Å². The Labute approximate surface area is 129 Å². The first-order valence-electron chi connectivity index (χ1n) is 7.46. The molecule has 22 heavy (non-hydrogen) atoms. The summed E-state index contributed by atoms with van der Waals surface area (Å²) in [7, 11) is 0. The molecule has 0 aromatic rings. The van der Waals surface area contributed by atoms with Crippen LogP contribution < -0.4 is 10.6 Å². The molecule has 0 saturated carbocycles. The van der Waals surface area contributed by atoms with Crippen molar-refractivity contribution in [3.05, 3.63) is 12.2 Å². The molecule has 1 saturated heterocycles. The molecule has 1 heterocycles. The molecular formula is C15H21N3O4. The molecular weight excluding hydrogens is 286 g/mol. The maximum Gasteiger partial charge on any atom is 0.240 e. The summed E-state index contributed by atoms with van der Waals surface area (Å²) in [6, 6.07) is -0.0123. The first-order chi connectivity index (χ1) is 10.4. The van der Waals surface area contributed by atoms with E-state index >= 15 is 0 Å². The van der Waals surface area contributed by atoms with Crippen LogP contribution in [0.15, 0.2) is 12.2 Å². The summed E-state index contributed by atoms with van der Waals surface area (Å²) in [6.07, 6.45) is 4.88. The lowest BCUT2D eigenvalue weighted by Crippen LogP contribution is -2.45. The maximum atomic E-state index is 12.2. The van der Waals surface area contributed by atoms with Gasteiger partial charge in [0.05, 0.1) is 18.4 Å². The largest absolute Gasteiger partial charge is 0.352 e. The minimum absolute atomic E-state index is 0.0123. The van der Waals surface area contributed by atoms with Gasteiger partial charge in [-0.25, -0.2) is 0 Å². The summed E-state index contributed by atoms with van der Waals surface area (Å²) in [6.45, 7) is 3.15. The molecule has 2 N–H and O–H groups in total. The van der Waals surface area contributed by atoms with E-state index < -0.39 is 5.91 Å². The normalized spacial score (nSPS) is 23.7. The molecule has 1 aliphatic heterocycles. The number of imide groups is 1. The van der Waals surface area contributed by atoms with Crippen LogP contribution in [-0.2, 0) is 19.2 Å². The minimum atomic E-state index is -0.507. The van der Waals surface area contributed by atoms with Crippen molar-refractivity contribution in [3.63, 3.8) is 0 Å². The Balaban J connectivity index is 1.85. The van der Waals surface area contributed by atoms with Gasteiger partial charge in [0.2, 0.25) is 23.6 Å². The Morgan fingerprint density at radius 1 is 1.14 bits per heavy atom. The van der Waals surface area contributed by atoms with Crippen molar-refractivity contribution in [2.45, 2.75) is 32.7 Å². The quantitative estimate of drug-likeness (QED) is 0.532. The smallest absolute Gasteiger partial charge is 0.240 e. The predicted octanol–water partition coefficient (Wildman–Crippen LogP) is -0.422. The number of carbonyl (C=O) groups is 4. The highest BCUT2D eigenvalue weighted by molar-refractivity contribution is 6.07. The predicted molar refractivity (Wildman–Crippen MR) is 78.4 cm³/mol. The number of carbonyl (C=O) groups excluding carboxylic acids is 4. The summed E-state index contributed by atoms with van der Waals surface area (Å²) < 4.78 is 0. The fraction of sp³-hybridized carbons (Fsp3) is 0.600. The van der Waals surface area contributed by atoms with Crippen molar-refractivity contribution < 1.29 is 19.2 Å². The van der Waals surface area contributed by atoms with Crippen molar-refractivity contribution in [1.82, 2.24) is 15.5 Å². The summed E-state index contributed by atoms with van der Waals surface area (Å²) >= 11 is 0. The molecule has 7 heteroatoms. The van der Waals surface area contributed by atoms with Crippen molar-refractivity contribution in [1.29, 1.82) is 0 Å². The SMILES string of the molecule is CC(C)NC(=O)CNC(=O)CN1C(=O)[C@@H]2CC=CC[C@H]2C1=O. The van der Waals surface area contributed by atoms with Crippen LogP contribution >= 0.6 is 0 Å². The third kappa shape index (κ3) is 3.52. The van der Waals surface area contributed by atoms with Gasteiger partial charge in [-0.1, -0.05) is 12.2 Å². The second-order valence-corrected chi connectivity index (χ2v) is 5.92. The molecule has 2 rings (SSSR count). The van der Waals surface area contributed by atoms with E-state index in [1.54, 1.807) is 0 Å². The van der Waals surface area contributed by atoms with E-state index in [4.69, 9.17) is 0 Å². The minimum Gasteiger partial charge on any atom is -0.352 e. The third-order valence-corrected chi connectivity index (χ3v) is 3.80. The molecule has 2 atom stereocenters. The number of rotatable bonds is 5. The van der Waals surface area contributed by atoms with Gasteiger partial charge in [0.25, 0.3) is 0 Å². The zero-order valence-corrected chi connectivity index (χ0v) is 12.8. The molecule has 0 aromatic heterocycles. The van der Waals surface area contributed by atoms with Crippen molar-refractivity contribution in [2.75, 3.05) is 13.1 Å². The molecule has 1 aliphatic carbocycles. The molecule has 120 valence electrons. The van der Waals surface area contributed by atoms with E-state index in [2.05, 4.69) is 10.6 Å². The van der Waals surface area contributed by atoms with Crippen molar-refractivity contribution in [2.24, 2.45) is 11.8 Å². The number of likely N-dealkylation sites (tertiary alicyclic amines) is 1. The first-order valence-corrected chi connectivity index (χ1v) is 7.46. The Morgan fingerprint density at radius 3 is 2.18 bits per heavy atom. The standard InChI is InChI=1S/C15H21N3O4/c1-9(2)17-12(19)7-16-13(20)8-18-14(21)10-5-3-4-6-11(10)15(18)22/h3-4,9-11H,5-8H2,1-2H3,(H,16,20)(H,17,19)/t10-,11-/m1/s1. The summed E-state index contributed by atoms with van der Waals surface area (Å²) in [5.74, 6) is -2.07. The van der Waals surface area contributed by atoms with E-state index in [9.17, 15) is 19.2 Å². The molecule has 1 fully saturated rings. The van der Waals surface area contributed by atoms with Gasteiger partial charge in [-0.3, -0.25) is 24.1 Å². The highest BCUT2D eigenvalue weighted by atomic mass is 16.2. The zero-order chi connectivity index (χ0) is 16.3. The first kappa shape index (κ1) is 16.2. The van der Waals surface area contributed by atoms with Gasteiger partial charge in [0.15, 0.2) is 0 Å². The van der Waals surface area contributed by atoms with Crippen LogP contribution in [0, 0.1) is 11.8 Å². The van der Waals surface area contributed by atoms with Crippen LogP contribution in [-0.4, -0.2) is 47.7 Å². The van der Waals surface area contributed by atoms with Crippen LogP contribution in [0.2, 0.25) is 0 Å². The lowest BCUT2D eigenvalue weighted by atomic mass is 9.85. The molecule has 0 spiro atoms. The second-order valence-electron chi connectivity index (χ2n) is 5.92. The summed E-state index contributed by atoms with van der Waals surface area (Å²) in [5.41, 5.74) is 0. The number of fused-ring (bicyclic) bond motifs is 1. The van der Waals surface area contributed by atoms with Crippen molar-refractivity contribution >= 4 is 23.6 Å². The second kappa shape index (κ2) is 6.72. The number of amides is 4. The van der Waals surface area contributed by atoms with Gasteiger partial charge in [0.1, 0.15) is 6.54 Å². The molecule has 4 amide bonds.